The van der Waals surface area contributed by atoms with Gasteiger partial charge in [0.1, 0.15) is 5.75 Å². The number of nitrogens with zero attached hydrogens (tertiary/aromatic N) is 2. The largest absolute Gasteiger partial charge is 0.493 e. The Labute approximate surface area is 201 Å². The van der Waals surface area contributed by atoms with Gasteiger partial charge in [0.2, 0.25) is 10.0 Å². The standard InChI is InChI=1S/C25H33N3O5S/c1-3-27(4-2)24-12-11-22(34(30,31)28-13-15-32-16-14-28)17-23(24)26-25(29)20-7-9-21(10-8-20)33-18-19-5-6-19/h7-12,17,19H,3-6,13-16,18H2,1-2H3,(H,26,29). The number of amides is 1. The normalized spacial score (nSPS) is 16.8. The van der Waals surface area contributed by atoms with Crippen LogP contribution >= 0.6 is 0 Å². The van der Waals surface area contributed by atoms with E-state index in [-0.39, 0.29) is 10.8 Å². The lowest BCUT2D eigenvalue weighted by Gasteiger charge is -2.28. The van der Waals surface area contributed by atoms with Crippen molar-refractivity contribution >= 4 is 27.3 Å². The van der Waals surface area contributed by atoms with Crippen molar-refractivity contribution < 1.29 is 22.7 Å². The Kier molecular flexibility index (Phi) is 7.75. The van der Waals surface area contributed by atoms with E-state index >= 15 is 0 Å². The Bertz CT molecular complexity index is 1090. The molecular formula is C25H33N3O5S. The van der Waals surface area contributed by atoms with Gasteiger partial charge < -0.3 is 19.7 Å². The molecule has 1 amide bonds. The van der Waals surface area contributed by atoms with Gasteiger partial charge >= 0.3 is 0 Å². The third-order valence-electron chi connectivity index (χ3n) is 6.23. The van der Waals surface area contributed by atoms with E-state index in [1.165, 1.54) is 17.1 Å². The number of benzene rings is 2. The van der Waals surface area contributed by atoms with Crippen molar-refractivity contribution in [1.82, 2.24) is 4.31 Å². The molecule has 4 rings (SSSR count). The summed E-state index contributed by atoms with van der Waals surface area (Å²) in [6.07, 6.45) is 2.44. The molecule has 184 valence electrons. The second-order valence-electron chi connectivity index (χ2n) is 8.60. The van der Waals surface area contributed by atoms with Gasteiger partial charge in [-0.15, -0.1) is 0 Å². The summed E-state index contributed by atoms with van der Waals surface area (Å²) in [6.45, 7) is 7.59. The van der Waals surface area contributed by atoms with Crippen LogP contribution in [0.3, 0.4) is 0 Å². The predicted molar refractivity (Wildman–Crippen MR) is 132 cm³/mol. The van der Waals surface area contributed by atoms with E-state index in [0.29, 0.717) is 50.1 Å². The zero-order valence-corrected chi connectivity index (χ0v) is 20.6. The van der Waals surface area contributed by atoms with Crippen LogP contribution < -0.4 is 15.0 Å². The second-order valence-corrected chi connectivity index (χ2v) is 10.5. The topological polar surface area (TPSA) is 88.2 Å². The quantitative estimate of drug-likeness (QED) is 0.551. The minimum atomic E-state index is -3.69. The highest BCUT2D eigenvalue weighted by Gasteiger charge is 2.28. The van der Waals surface area contributed by atoms with Crippen LogP contribution in [0.1, 0.15) is 37.0 Å². The van der Waals surface area contributed by atoms with E-state index < -0.39 is 10.0 Å². The van der Waals surface area contributed by atoms with Crippen LogP contribution in [0.25, 0.3) is 0 Å². The number of rotatable bonds is 10. The van der Waals surface area contributed by atoms with Crippen molar-refractivity contribution in [2.75, 3.05) is 56.2 Å². The van der Waals surface area contributed by atoms with E-state index in [1.807, 2.05) is 13.8 Å². The molecule has 0 aromatic heterocycles. The van der Waals surface area contributed by atoms with Gasteiger partial charge in [-0.05, 0) is 75.1 Å². The maximum absolute atomic E-state index is 13.2. The van der Waals surface area contributed by atoms with Gasteiger partial charge in [-0.3, -0.25) is 4.79 Å². The lowest BCUT2D eigenvalue weighted by Crippen LogP contribution is -2.40. The zero-order valence-electron chi connectivity index (χ0n) is 19.8. The average Bonchev–Trinajstić information content (AvgIpc) is 3.70. The highest BCUT2D eigenvalue weighted by Crippen LogP contribution is 2.32. The van der Waals surface area contributed by atoms with Crippen molar-refractivity contribution in [1.29, 1.82) is 0 Å². The summed E-state index contributed by atoms with van der Waals surface area (Å²) >= 11 is 0. The summed E-state index contributed by atoms with van der Waals surface area (Å²) in [5.41, 5.74) is 1.73. The first kappa shape index (κ1) is 24.5. The molecule has 0 unspecified atom stereocenters. The molecular weight excluding hydrogens is 454 g/mol. The first-order chi connectivity index (χ1) is 16.4. The monoisotopic (exact) mass is 487 g/mol. The van der Waals surface area contributed by atoms with Crippen molar-refractivity contribution in [2.24, 2.45) is 5.92 Å². The fourth-order valence-electron chi connectivity index (χ4n) is 3.95. The molecule has 1 saturated carbocycles. The lowest BCUT2D eigenvalue weighted by molar-refractivity contribution is 0.0730. The number of nitrogens with one attached hydrogen (secondary N) is 1. The summed E-state index contributed by atoms with van der Waals surface area (Å²) in [4.78, 5) is 15.3. The number of hydrogen-bond acceptors (Lipinski definition) is 6. The first-order valence-corrected chi connectivity index (χ1v) is 13.4. The molecule has 2 aromatic carbocycles. The Morgan fingerprint density at radius 2 is 1.76 bits per heavy atom. The molecule has 0 bridgehead atoms. The minimum absolute atomic E-state index is 0.157. The molecule has 2 aromatic rings. The van der Waals surface area contributed by atoms with E-state index in [4.69, 9.17) is 9.47 Å². The third kappa shape index (κ3) is 5.71. The smallest absolute Gasteiger partial charge is 0.255 e. The number of hydrogen-bond donors (Lipinski definition) is 1. The Morgan fingerprint density at radius 1 is 1.09 bits per heavy atom. The Balaban J connectivity index is 1.57. The molecule has 1 heterocycles. The van der Waals surface area contributed by atoms with Crippen molar-refractivity contribution in [3.63, 3.8) is 0 Å². The van der Waals surface area contributed by atoms with Crippen LogP contribution in [0.4, 0.5) is 11.4 Å². The molecule has 0 atom stereocenters. The van der Waals surface area contributed by atoms with Crippen molar-refractivity contribution in [3.8, 4) is 5.75 Å². The summed E-state index contributed by atoms with van der Waals surface area (Å²) < 4.78 is 38.9. The molecule has 1 saturated heterocycles. The highest BCUT2D eigenvalue weighted by molar-refractivity contribution is 7.89. The molecule has 1 aliphatic carbocycles. The second kappa shape index (κ2) is 10.8. The summed E-state index contributed by atoms with van der Waals surface area (Å²) in [6, 6.07) is 12.0. The van der Waals surface area contributed by atoms with Gasteiger partial charge in [0, 0.05) is 31.7 Å². The van der Waals surface area contributed by atoms with Crippen LogP contribution in [0.15, 0.2) is 47.4 Å². The Hall–Kier alpha value is -2.62. The molecule has 1 N–H and O–H groups in total. The van der Waals surface area contributed by atoms with Gasteiger partial charge in [0.25, 0.3) is 5.91 Å². The molecule has 8 nitrogen and oxygen atoms in total. The first-order valence-electron chi connectivity index (χ1n) is 11.9. The number of carbonyl (C=O) groups is 1. The van der Waals surface area contributed by atoms with Gasteiger partial charge in [0.05, 0.1) is 36.1 Å². The number of morpholine rings is 1. The molecule has 1 aliphatic heterocycles. The Morgan fingerprint density at radius 3 is 2.38 bits per heavy atom. The third-order valence-corrected chi connectivity index (χ3v) is 8.12. The van der Waals surface area contributed by atoms with Gasteiger partial charge in [-0.2, -0.15) is 4.31 Å². The number of carbonyl (C=O) groups excluding carboxylic acids is 1. The van der Waals surface area contributed by atoms with Crippen molar-refractivity contribution in [2.45, 2.75) is 31.6 Å². The van der Waals surface area contributed by atoms with Crippen LogP contribution in [-0.4, -0.2) is 64.6 Å². The van der Waals surface area contributed by atoms with Crippen LogP contribution in [0, 0.1) is 5.92 Å². The summed E-state index contributed by atoms with van der Waals surface area (Å²) in [7, 11) is -3.69. The molecule has 2 aliphatic rings. The highest BCUT2D eigenvalue weighted by atomic mass is 32.2. The van der Waals surface area contributed by atoms with E-state index in [2.05, 4.69) is 10.2 Å². The molecule has 9 heteroatoms. The predicted octanol–water partition coefficient (Wildman–Crippen LogP) is 3.59. The minimum Gasteiger partial charge on any atom is -0.493 e. The zero-order chi connectivity index (χ0) is 24.1. The number of sulfonamides is 1. The SMILES string of the molecule is CCN(CC)c1ccc(S(=O)(=O)N2CCOCC2)cc1NC(=O)c1ccc(OCC2CC2)cc1. The van der Waals surface area contributed by atoms with E-state index in [0.717, 1.165) is 24.5 Å². The van der Waals surface area contributed by atoms with Crippen LogP contribution in [0.2, 0.25) is 0 Å². The molecule has 34 heavy (non-hydrogen) atoms. The van der Waals surface area contributed by atoms with Crippen molar-refractivity contribution in [3.05, 3.63) is 48.0 Å². The maximum atomic E-state index is 13.2. The number of ether oxygens (including phenoxy) is 2. The summed E-state index contributed by atoms with van der Waals surface area (Å²) in [5.74, 6) is 1.09. The van der Waals surface area contributed by atoms with Crippen LogP contribution in [-0.2, 0) is 14.8 Å². The maximum Gasteiger partial charge on any atom is 0.255 e. The van der Waals surface area contributed by atoms with E-state index in [1.54, 1.807) is 42.5 Å². The van der Waals surface area contributed by atoms with Gasteiger partial charge in [0.15, 0.2) is 0 Å². The van der Waals surface area contributed by atoms with Gasteiger partial charge in [-0.1, -0.05) is 0 Å². The van der Waals surface area contributed by atoms with Gasteiger partial charge in [-0.25, -0.2) is 8.42 Å². The molecule has 2 fully saturated rings. The number of anilines is 2. The molecule has 0 spiro atoms. The fourth-order valence-corrected chi connectivity index (χ4v) is 5.38. The average molecular weight is 488 g/mol. The lowest BCUT2D eigenvalue weighted by atomic mass is 10.2. The molecule has 0 radical (unpaired) electrons. The van der Waals surface area contributed by atoms with E-state index in [9.17, 15) is 13.2 Å². The summed E-state index contributed by atoms with van der Waals surface area (Å²) in [5, 5.41) is 2.94. The van der Waals surface area contributed by atoms with Crippen LogP contribution in [0.5, 0.6) is 5.75 Å². The fraction of sp³-hybridized carbons (Fsp3) is 0.480.